The zero-order chi connectivity index (χ0) is 10.9. The monoisotopic (exact) mass is 227 g/mol. The van der Waals surface area contributed by atoms with Gasteiger partial charge in [0, 0.05) is 17.3 Å². The smallest absolute Gasteiger partial charge is 0.0282 e. The van der Waals surface area contributed by atoms with Gasteiger partial charge in [0.2, 0.25) is 0 Å². The molecule has 1 nitrogen and oxygen atoms in total. The maximum absolute atomic E-state index is 3.83. The van der Waals surface area contributed by atoms with Crippen molar-refractivity contribution in [3.8, 4) is 0 Å². The van der Waals surface area contributed by atoms with Crippen molar-refractivity contribution in [3.05, 3.63) is 0 Å². The van der Waals surface area contributed by atoms with Crippen LogP contribution in [0.2, 0.25) is 0 Å². The van der Waals surface area contributed by atoms with Crippen molar-refractivity contribution in [2.75, 3.05) is 12.8 Å². The van der Waals surface area contributed by atoms with E-state index >= 15 is 0 Å². The number of hydrogen-bond donors (Lipinski definition) is 1. The van der Waals surface area contributed by atoms with Crippen LogP contribution in [0.15, 0.2) is 0 Å². The van der Waals surface area contributed by atoms with Gasteiger partial charge >= 0.3 is 0 Å². The van der Waals surface area contributed by atoms with E-state index in [-0.39, 0.29) is 0 Å². The number of rotatable bonds is 4. The molecule has 0 aromatic rings. The van der Waals surface area contributed by atoms with Crippen LogP contribution in [0.4, 0.5) is 0 Å². The van der Waals surface area contributed by atoms with E-state index in [1.807, 2.05) is 0 Å². The molecule has 0 aromatic carbocycles. The Hall–Kier alpha value is 0.310. The van der Waals surface area contributed by atoms with Gasteiger partial charge < -0.3 is 5.32 Å². The highest BCUT2D eigenvalue weighted by Gasteiger charge is 2.42. The molecular formula is C13H25NS. The van der Waals surface area contributed by atoms with Crippen molar-refractivity contribution in [3.63, 3.8) is 0 Å². The van der Waals surface area contributed by atoms with Crippen molar-refractivity contribution >= 4 is 11.8 Å². The highest BCUT2D eigenvalue weighted by molar-refractivity contribution is 8.00. The van der Waals surface area contributed by atoms with Gasteiger partial charge in [-0.3, -0.25) is 0 Å². The first-order valence-electron chi connectivity index (χ1n) is 6.44. The summed E-state index contributed by atoms with van der Waals surface area (Å²) in [7, 11) is 0. The molecule has 3 unspecified atom stereocenters. The van der Waals surface area contributed by atoms with Crippen molar-refractivity contribution in [2.45, 2.75) is 56.7 Å². The zero-order valence-corrected chi connectivity index (χ0v) is 11.2. The Morgan fingerprint density at radius 3 is 2.60 bits per heavy atom. The second-order valence-electron chi connectivity index (χ2n) is 5.77. The first-order valence-corrected chi connectivity index (χ1v) is 7.66. The van der Waals surface area contributed by atoms with Crippen LogP contribution in [-0.2, 0) is 0 Å². The number of nitrogens with one attached hydrogen (secondary N) is 1. The molecule has 0 amide bonds. The van der Waals surface area contributed by atoms with E-state index in [9.17, 15) is 0 Å². The number of thioether (sulfide) groups is 1. The highest BCUT2D eigenvalue weighted by atomic mass is 32.2. The summed E-state index contributed by atoms with van der Waals surface area (Å²) < 4.78 is 0.625. The van der Waals surface area contributed by atoms with E-state index in [1.165, 1.54) is 38.6 Å². The van der Waals surface area contributed by atoms with Crippen LogP contribution in [0.5, 0.6) is 0 Å². The second kappa shape index (κ2) is 4.67. The quantitative estimate of drug-likeness (QED) is 0.791. The van der Waals surface area contributed by atoms with E-state index in [0.29, 0.717) is 4.75 Å². The SMILES string of the molecule is CSC1(CNC2CC(C)CCC2C)CC1. The minimum Gasteiger partial charge on any atom is -0.312 e. The molecule has 2 fully saturated rings. The fourth-order valence-electron chi connectivity index (χ4n) is 2.73. The van der Waals surface area contributed by atoms with Gasteiger partial charge in [-0.15, -0.1) is 0 Å². The molecule has 0 radical (unpaired) electrons. The molecule has 3 atom stereocenters. The van der Waals surface area contributed by atoms with Gasteiger partial charge in [-0.2, -0.15) is 11.8 Å². The molecule has 0 aliphatic heterocycles. The molecular weight excluding hydrogens is 202 g/mol. The molecule has 0 heterocycles. The molecule has 0 aromatic heterocycles. The van der Waals surface area contributed by atoms with E-state index < -0.39 is 0 Å². The van der Waals surface area contributed by atoms with Gasteiger partial charge in [0.15, 0.2) is 0 Å². The lowest BCUT2D eigenvalue weighted by Gasteiger charge is -2.34. The first kappa shape index (κ1) is 11.8. The third-order valence-electron chi connectivity index (χ3n) is 4.39. The van der Waals surface area contributed by atoms with Gasteiger partial charge in [-0.05, 0) is 43.8 Å². The average molecular weight is 227 g/mol. The molecule has 88 valence electrons. The lowest BCUT2D eigenvalue weighted by Crippen LogP contribution is -2.42. The van der Waals surface area contributed by atoms with Gasteiger partial charge in [-0.25, -0.2) is 0 Å². The van der Waals surface area contributed by atoms with Crippen LogP contribution in [0, 0.1) is 11.8 Å². The normalized spacial score (nSPS) is 39.0. The maximum Gasteiger partial charge on any atom is 0.0282 e. The van der Waals surface area contributed by atoms with Gasteiger partial charge in [0.25, 0.3) is 0 Å². The fourth-order valence-corrected chi connectivity index (χ4v) is 3.46. The number of hydrogen-bond acceptors (Lipinski definition) is 2. The minimum atomic E-state index is 0.625. The van der Waals surface area contributed by atoms with Gasteiger partial charge in [0.05, 0.1) is 0 Å². The third-order valence-corrected chi connectivity index (χ3v) is 5.80. The Kier molecular flexibility index (Phi) is 3.67. The largest absolute Gasteiger partial charge is 0.312 e. The van der Waals surface area contributed by atoms with Crippen LogP contribution in [0.25, 0.3) is 0 Å². The van der Waals surface area contributed by atoms with E-state index in [4.69, 9.17) is 0 Å². The molecule has 2 heteroatoms. The van der Waals surface area contributed by atoms with Crippen LogP contribution in [-0.4, -0.2) is 23.6 Å². The van der Waals surface area contributed by atoms with Crippen molar-refractivity contribution < 1.29 is 0 Å². The molecule has 2 aliphatic carbocycles. The topological polar surface area (TPSA) is 12.0 Å². The summed E-state index contributed by atoms with van der Waals surface area (Å²) in [4.78, 5) is 0. The lowest BCUT2D eigenvalue weighted by atomic mass is 9.80. The Morgan fingerprint density at radius 2 is 2.00 bits per heavy atom. The Morgan fingerprint density at radius 1 is 1.27 bits per heavy atom. The maximum atomic E-state index is 3.83. The van der Waals surface area contributed by atoms with Crippen LogP contribution < -0.4 is 5.32 Å². The molecule has 2 aliphatic rings. The zero-order valence-electron chi connectivity index (χ0n) is 10.4. The second-order valence-corrected chi connectivity index (χ2v) is 7.04. The van der Waals surface area contributed by atoms with Crippen molar-refractivity contribution in [1.29, 1.82) is 0 Å². The Labute approximate surface area is 98.8 Å². The molecule has 2 rings (SSSR count). The molecule has 1 N–H and O–H groups in total. The summed E-state index contributed by atoms with van der Waals surface area (Å²) in [6, 6.07) is 0.790. The van der Waals surface area contributed by atoms with E-state index in [0.717, 1.165) is 17.9 Å². The summed E-state index contributed by atoms with van der Waals surface area (Å²) in [5, 5.41) is 3.83. The van der Waals surface area contributed by atoms with E-state index in [2.05, 4.69) is 37.2 Å². The van der Waals surface area contributed by atoms with Crippen LogP contribution >= 0.6 is 11.8 Å². The van der Waals surface area contributed by atoms with Gasteiger partial charge in [0.1, 0.15) is 0 Å². The fraction of sp³-hybridized carbons (Fsp3) is 1.00. The van der Waals surface area contributed by atoms with Crippen molar-refractivity contribution in [2.24, 2.45) is 11.8 Å². The minimum absolute atomic E-state index is 0.625. The molecule has 0 bridgehead atoms. The standard InChI is InChI=1S/C13H25NS/c1-10-4-5-11(2)12(8-10)14-9-13(15-3)6-7-13/h10-12,14H,4-9H2,1-3H3. The molecule has 15 heavy (non-hydrogen) atoms. The van der Waals surface area contributed by atoms with Crippen molar-refractivity contribution in [1.82, 2.24) is 5.32 Å². The summed E-state index contributed by atoms with van der Waals surface area (Å²) in [6.45, 7) is 6.07. The predicted molar refractivity (Wildman–Crippen MR) is 69.4 cm³/mol. The van der Waals surface area contributed by atoms with Gasteiger partial charge in [-0.1, -0.05) is 20.3 Å². The predicted octanol–water partition coefficient (Wildman–Crippen LogP) is 3.30. The summed E-state index contributed by atoms with van der Waals surface area (Å²) in [6.07, 6.45) is 9.38. The third kappa shape index (κ3) is 2.91. The highest BCUT2D eigenvalue weighted by Crippen LogP contribution is 2.46. The average Bonchev–Trinajstić information content (AvgIpc) is 3.00. The molecule has 2 saturated carbocycles. The Bertz CT molecular complexity index is 213. The molecule has 0 saturated heterocycles. The van der Waals surface area contributed by atoms with E-state index in [1.54, 1.807) is 0 Å². The summed E-state index contributed by atoms with van der Waals surface area (Å²) >= 11 is 2.07. The van der Waals surface area contributed by atoms with Crippen LogP contribution in [0.1, 0.15) is 46.0 Å². The van der Waals surface area contributed by atoms with Crippen LogP contribution in [0.3, 0.4) is 0 Å². The molecule has 0 spiro atoms. The summed E-state index contributed by atoms with van der Waals surface area (Å²) in [5.41, 5.74) is 0. The Balaban J connectivity index is 1.77. The summed E-state index contributed by atoms with van der Waals surface area (Å²) in [5.74, 6) is 1.82. The lowest BCUT2D eigenvalue weighted by molar-refractivity contribution is 0.229. The first-order chi connectivity index (χ1) is 7.15.